The summed E-state index contributed by atoms with van der Waals surface area (Å²) in [6.07, 6.45) is -1.14. The summed E-state index contributed by atoms with van der Waals surface area (Å²) in [6.45, 7) is 3.83. The van der Waals surface area contributed by atoms with Gasteiger partial charge in [-0.2, -0.15) is 0 Å². The van der Waals surface area contributed by atoms with Crippen LogP contribution in [0.15, 0.2) is 18.2 Å². The standard InChI is InChI=1S/C13H19F2NO2/c1-8(2)12(7-17)16-6-13(18)10-5-9(14)3-4-11(10)15/h3-5,8,12-13,16-18H,6-7H2,1-2H3. The van der Waals surface area contributed by atoms with Crippen molar-refractivity contribution in [3.05, 3.63) is 35.4 Å². The van der Waals surface area contributed by atoms with Crippen molar-refractivity contribution >= 4 is 0 Å². The van der Waals surface area contributed by atoms with Gasteiger partial charge in [0.15, 0.2) is 0 Å². The topological polar surface area (TPSA) is 52.5 Å². The van der Waals surface area contributed by atoms with Crippen LogP contribution in [0.25, 0.3) is 0 Å². The zero-order valence-corrected chi connectivity index (χ0v) is 10.5. The molecule has 5 heteroatoms. The van der Waals surface area contributed by atoms with E-state index < -0.39 is 17.7 Å². The van der Waals surface area contributed by atoms with Gasteiger partial charge in [0.05, 0.1) is 12.7 Å². The van der Waals surface area contributed by atoms with Crippen molar-refractivity contribution < 1.29 is 19.0 Å². The molecule has 0 aliphatic heterocycles. The highest BCUT2D eigenvalue weighted by atomic mass is 19.1. The third kappa shape index (κ3) is 4.01. The summed E-state index contributed by atoms with van der Waals surface area (Å²) in [5, 5.41) is 21.8. The van der Waals surface area contributed by atoms with Crippen LogP contribution in [0, 0.1) is 17.6 Å². The van der Waals surface area contributed by atoms with Gasteiger partial charge in [0.25, 0.3) is 0 Å². The van der Waals surface area contributed by atoms with Gasteiger partial charge in [-0.15, -0.1) is 0 Å². The summed E-state index contributed by atoms with van der Waals surface area (Å²) in [5.41, 5.74) is -0.0806. The first-order valence-electron chi connectivity index (χ1n) is 5.93. The molecule has 1 aromatic carbocycles. The van der Waals surface area contributed by atoms with Crippen LogP contribution in [-0.2, 0) is 0 Å². The highest BCUT2D eigenvalue weighted by molar-refractivity contribution is 5.21. The van der Waals surface area contributed by atoms with E-state index in [1.165, 1.54) is 0 Å². The van der Waals surface area contributed by atoms with Gasteiger partial charge in [0, 0.05) is 18.2 Å². The van der Waals surface area contributed by atoms with Crippen LogP contribution in [-0.4, -0.2) is 29.4 Å². The Labute approximate surface area is 105 Å². The van der Waals surface area contributed by atoms with Gasteiger partial charge in [0.1, 0.15) is 11.6 Å². The molecule has 0 aromatic heterocycles. The molecule has 102 valence electrons. The number of halogens is 2. The molecule has 0 heterocycles. The van der Waals surface area contributed by atoms with Crippen molar-refractivity contribution in [1.82, 2.24) is 5.32 Å². The van der Waals surface area contributed by atoms with E-state index in [0.717, 1.165) is 18.2 Å². The lowest BCUT2D eigenvalue weighted by molar-refractivity contribution is 0.145. The van der Waals surface area contributed by atoms with Gasteiger partial charge < -0.3 is 15.5 Å². The lowest BCUT2D eigenvalue weighted by Gasteiger charge is -2.22. The smallest absolute Gasteiger partial charge is 0.129 e. The van der Waals surface area contributed by atoms with Crippen LogP contribution in [0.4, 0.5) is 8.78 Å². The summed E-state index contributed by atoms with van der Waals surface area (Å²) in [5.74, 6) is -1.05. The molecule has 0 bridgehead atoms. The summed E-state index contributed by atoms with van der Waals surface area (Å²) >= 11 is 0. The quantitative estimate of drug-likeness (QED) is 0.727. The second-order valence-corrected chi connectivity index (χ2v) is 4.62. The average molecular weight is 259 g/mol. The fourth-order valence-electron chi connectivity index (χ4n) is 1.65. The first kappa shape index (κ1) is 15.0. The first-order chi connectivity index (χ1) is 8.45. The fourth-order valence-corrected chi connectivity index (χ4v) is 1.65. The lowest BCUT2D eigenvalue weighted by atomic mass is 10.0. The van der Waals surface area contributed by atoms with Gasteiger partial charge in [0.2, 0.25) is 0 Å². The third-order valence-corrected chi connectivity index (χ3v) is 2.89. The number of hydrogen-bond donors (Lipinski definition) is 3. The van der Waals surface area contributed by atoms with Crippen LogP contribution in [0.3, 0.4) is 0 Å². The summed E-state index contributed by atoms with van der Waals surface area (Å²) < 4.78 is 26.3. The molecular weight excluding hydrogens is 240 g/mol. The molecule has 0 radical (unpaired) electrons. The van der Waals surface area contributed by atoms with E-state index in [-0.39, 0.29) is 30.7 Å². The Hall–Kier alpha value is -1.04. The molecule has 2 unspecified atom stereocenters. The number of benzene rings is 1. The molecule has 0 saturated heterocycles. The Balaban J connectivity index is 2.65. The Morgan fingerprint density at radius 2 is 1.94 bits per heavy atom. The fraction of sp³-hybridized carbons (Fsp3) is 0.538. The van der Waals surface area contributed by atoms with E-state index in [1.54, 1.807) is 0 Å². The minimum absolute atomic E-state index is 0.0593. The predicted molar refractivity (Wildman–Crippen MR) is 65.0 cm³/mol. The number of aliphatic hydroxyl groups is 2. The van der Waals surface area contributed by atoms with Crippen LogP contribution in [0.1, 0.15) is 25.5 Å². The number of nitrogens with one attached hydrogen (secondary N) is 1. The summed E-state index contributed by atoms with van der Waals surface area (Å²) in [7, 11) is 0. The maximum absolute atomic E-state index is 13.4. The third-order valence-electron chi connectivity index (χ3n) is 2.89. The van der Waals surface area contributed by atoms with Gasteiger partial charge in [-0.25, -0.2) is 8.78 Å². The zero-order valence-electron chi connectivity index (χ0n) is 10.5. The van der Waals surface area contributed by atoms with E-state index in [4.69, 9.17) is 5.11 Å². The average Bonchev–Trinajstić information content (AvgIpc) is 2.32. The molecule has 0 aliphatic rings. The normalized spacial score (nSPS) is 14.8. The molecule has 3 N–H and O–H groups in total. The van der Waals surface area contributed by atoms with Crippen molar-refractivity contribution in [1.29, 1.82) is 0 Å². The Bertz CT molecular complexity index is 385. The Morgan fingerprint density at radius 3 is 2.50 bits per heavy atom. The van der Waals surface area contributed by atoms with E-state index in [2.05, 4.69) is 5.32 Å². The molecule has 1 aromatic rings. The Morgan fingerprint density at radius 1 is 1.28 bits per heavy atom. The Kier molecular flexibility index (Phi) is 5.65. The number of rotatable bonds is 6. The van der Waals surface area contributed by atoms with Crippen molar-refractivity contribution in [3.8, 4) is 0 Å². The van der Waals surface area contributed by atoms with E-state index >= 15 is 0 Å². The SMILES string of the molecule is CC(C)C(CO)NCC(O)c1cc(F)ccc1F. The highest BCUT2D eigenvalue weighted by Gasteiger charge is 2.17. The van der Waals surface area contributed by atoms with E-state index in [9.17, 15) is 13.9 Å². The van der Waals surface area contributed by atoms with Gasteiger partial charge in [-0.3, -0.25) is 0 Å². The second-order valence-electron chi connectivity index (χ2n) is 4.62. The molecule has 1 rings (SSSR count). The van der Waals surface area contributed by atoms with Crippen molar-refractivity contribution in [2.45, 2.75) is 26.0 Å². The van der Waals surface area contributed by atoms with Gasteiger partial charge in [-0.1, -0.05) is 13.8 Å². The largest absolute Gasteiger partial charge is 0.395 e. The monoisotopic (exact) mass is 259 g/mol. The van der Waals surface area contributed by atoms with Crippen LogP contribution in [0.2, 0.25) is 0 Å². The zero-order chi connectivity index (χ0) is 13.7. The van der Waals surface area contributed by atoms with Crippen LogP contribution < -0.4 is 5.32 Å². The molecule has 0 aliphatic carbocycles. The maximum Gasteiger partial charge on any atom is 0.129 e. The number of hydrogen-bond acceptors (Lipinski definition) is 3. The molecule has 0 saturated carbocycles. The van der Waals surface area contributed by atoms with Gasteiger partial charge in [-0.05, 0) is 24.1 Å². The predicted octanol–water partition coefficient (Wildman–Crippen LogP) is 1.60. The first-order valence-corrected chi connectivity index (χ1v) is 5.93. The molecular formula is C13H19F2NO2. The molecule has 0 spiro atoms. The maximum atomic E-state index is 13.4. The minimum Gasteiger partial charge on any atom is -0.395 e. The van der Waals surface area contributed by atoms with Crippen LogP contribution >= 0.6 is 0 Å². The molecule has 18 heavy (non-hydrogen) atoms. The summed E-state index contributed by atoms with van der Waals surface area (Å²) in [6, 6.07) is 2.78. The van der Waals surface area contributed by atoms with Crippen LogP contribution in [0.5, 0.6) is 0 Å². The molecule has 2 atom stereocenters. The van der Waals surface area contributed by atoms with Crippen molar-refractivity contribution in [2.24, 2.45) is 5.92 Å². The second kappa shape index (κ2) is 6.78. The van der Waals surface area contributed by atoms with Crippen molar-refractivity contribution in [3.63, 3.8) is 0 Å². The summed E-state index contributed by atoms with van der Waals surface area (Å²) in [4.78, 5) is 0. The van der Waals surface area contributed by atoms with Gasteiger partial charge >= 0.3 is 0 Å². The highest BCUT2D eigenvalue weighted by Crippen LogP contribution is 2.18. The molecule has 0 fully saturated rings. The number of aliphatic hydroxyl groups excluding tert-OH is 2. The van der Waals surface area contributed by atoms with Crippen molar-refractivity contribution in [2.75, 3.05) is 13.2 Å². The van der Waals surface area contributed by atoms with E-state index in [0.29, 0.717) is 0 Å². The van der Waals surface area contributed by atoms with E-state index in [1.807, 2.05) is 13.8 Å². The lowest BCUT2D eigenvalue weighted by Crippen LogP contribution is -2.39. The molecule has 3 nitrogen and oxygen atoms in total. The molecule has 0 amide bonds. The minimum atomic E-state index is -1.14.